The molecule has 10 heteroatoms. The highest BCUT2D eigenvalue weighted by Crippen LogP contribution is 2.31. The third-order valence-corrected chi connectivity index (χ3v) is 5.58. The van der Waals surface area contributed by atoms with Crippen molar-refractivity contribution in [3.8, 4) is 11.4 Å². The monoisotopic (exact) mass is 453 g/mol. The highest BCUT2D eigenvalue weighted by atomic mass is 32.2. The minimum atomic E-state index is -0.429. The first-order valence-electron chi connectivity index (χ1n) is 9.82. The highest BCUT2D eigenvalue weighted by molar-refractivity contribution is 7.98. The molecule has 1 aromatic heterocycles. The first kappa shape index (κ1) is 23.2. The van der Waals surface area contributed by atoms with Crippen LogP contribution >= 0.6 is 11.8 Å². The molecule has 3 aromatic rings. The van der Waals surface area contributed by atoms with Gasteiger partial charge in [-0.05, 0) is 23.8 Å². The third kappa shape index (κ3) is 5.59. The number of hydrogen-bond donors (Lipinski definition) is 1. The molecule has 0 spiro atoms. The number of thioether (sulfide) groups is 1. The average Bonchev–Trinajstić information content (AvgIpc) is 3.20. The number of amides is 1. The summed E-state index contributed by atoms with van der Waals surface area (Å²) in [7, 11) is 1.58. The number of ether oxygens (including phenoxy) is 1. The molecule has 166 valence electrons. The number of nitro benzene ring substituents is 1. The second-order valence-corrected chi connectivity index (χ2v) is 7.66. The van der Waals surface area contributed by atoms with E-state index in [0.717, 1.165) is 5.56 Å². The molecule has 1 N–H and O–H groups in total. The van der Waals surface area contributed by atoms with Gasteiger partial charge in [-0.1, -0.05) is 42.1 Å². The third-order valence-electron chi connectivity index (χ3n) is 4.55. The number of nitro groups is 1. The lowest BCUT2D eigenvalue weighted by Crippen LogP contribution is -2.26. The molecule has 0 unspecified atom stereocenters. The van der Waals surface area contributed by atoms with Gasteiger partial charge in [-0.15, -0.1) is 16.8 Å². The highest BCUT2D eigenvalue weighted by Gasteiger charge is 2.21. The van der Waals surface area contributed by atoms with Crippen molar-refractivity contribution in [1.82, 2.24) is 20.1 Å². The van der Waals surface area contributed by atoms with Crippen LogP contribution in [0.1, 0.15) is 15.9 Å². The summed E-state index contributed by atoms with van der Waals surface area (Å²) < 4.78 is 6.73. The lowest BCUT2D eigenvalue weighted by Gasteiger charge is -2.09. The molecular weight excluding hydrogens is 430 g/mol. The van der Waals surface area contributed by atoms with Crippen molar-refractivity contribution in [1.29, 1.82) is 0 Å². The van der Waals surface area contributed by atoms with Crippen LogP contribution in [-0.4, -0.2) is 45.9 Å². The van der Waals surface area contributed by atoms with Gasteiger partial charge in [0.05, 0.1) is 17.1 Å². The van der Waals surface area contributed by atoms with Crippen molar-refractivity contribution in [3.05, 3.63) is 82.4 Å². The number of methoxy groups -OCH3 is 1. The van der Waals surface area contributed by atoms with Gasteiger partial charge in [-0.3, -0.25) is 19.5 Å². The number of hydrogen-bond acceptors (Lipinski definition) is 7. The summed E-state index contributed by atoms with van der Waals surface area (Å²) in [6, 6.07) is 13.8. The van der Waals surface area contributed by atoms with Crippen LogP contribution in [0.2, 0.25) is 0 Å². The second-order valence-electron chi connectivity index (χ2n) is 6.71. The first-order valence-corrected chi connectivity index (χ1v) is 10.8. The van der Waals surface area contributed by atoms with Crippen LogP contribution in [0.25, 0.3) is 11.4 Å². The summed E-state index contributed by atoms with van der Waals surface area (Å²) in [6.07, 6.45) is 1.70. The van der Waals surface area contributed by atoms with Gasteiger partial charge in [0.15, 0.2) is 11.0 Å². The molecule has 3 rings (SSSR count). The molecule has 0 atom stereocenters. The number of carbonyl (C=O) groups excluding carboxylic acids is 1. The van der Waals surface area contributed by atoms with E-state index in [2.05, 4.69) is 22.1 Å². The van der Waals surface area contributed by atoms with Crippen LogP contribution in [0.15, 0.2) is 66.3 Å². The Balaban J connectivity index is 1.74. The summed E-state index contributed by atoms with van der Waals surface area (Å²) in [5, 5.41) is 23.3. The molecule has 2 aromatic carbocycles. The maximum atomic E-state index is 12.1. The Hall–Kier alpha value is -3.50. The zero-order valence-electron chi connectivity index (χ0n) is 17.6. The number of carbonyl (C=O) groups is 1. The number of nitrogens with zero attached hydrogens (tertiary/aromatic N) is 4. The summed E-state index contributed by atoms with van der Waals surface area (Å²) in [5.41, 5.74) is 1.95. The van der Waals surface area contributed by atoms with Gasteiger partial charge in [0.25, 0.3) is 11.6 Å². The molecule has 1 amide bonds. The van der Waals surface area contributed by atoms with E-state index < -0.39 is 4.92 Å². The molecule has 1 heterocycles. The minimum absolute atomic E-state index is 0.0267. The molecule has 0 aliphatic carbocycles. The van der Waals surface area contributed by atoms with Crippen LogP contribution in [0.5, 0.6) is 0 Å². The van der Waals surface area contributed by atoms with Crippen LogP contribution in [0.3, 0.4) is 0 Å². The molecule has 0 aliphatic rings. The number of allylic oxidation sites excluding steroid dienone is 1. The molecular formula is C22H23N5O4S. The van der Waals surface area contributed by atoms with Crippen LogP contribution < -0.4 is 5.32 Å². The fourth-order valence-electron chi connectivity index (χ4n) is 2.98. The van der Waals surface area contributed by atoms with Crippen molar-refractivity contribution in [3.63, 3.8) is 0 Å². The molecule has 0 fully saturated rings. The SMILES string of the molecule is C=CCn1c(SCc2ccc(C(=O)NCCOC)cc2)nnc1-c1ccccc1[N+](=O)[O-]. The van der Waals surface area contributed by atoms with Gasteiger partial charge in [0, 0.05) is 37.6 Å². The second kappa shape index (κ2) is 11.2. The van der Waals surface area contributed by atoms with Gasteiger partial charge in [0.1, 0.15) is 0 Å². The predicted molar refractivity (Wildman–Crippen MR) is 123 cm³/mol. The summed E-state index contributed by atoms with van der Waals surface area (Å²) >= 11 is 1.46. The maximum Gasteiger partial charge on any atom is 0.280 e. The van der Waals surface area contributed by atoms with Crippen LogP contribution in [0.4, 0.5) is 5.69 Å². The summed E-state index contributed by atoms with van der Waals surface area (Å²) in [6.45, 7) is 5.10. The zero-order valence-corrected chi connectivity index (χ0v) is 18.4. The average molecular weight is 454 g/mol. The summed E-state index contributed by atoms with van der Waals surface area (Å²) in [4.78, 5) is 23.1. The van der Waals surface area contributed by atoms with E-state index in [4.69, 9.17) is 4.74 Å². The van der Waals surface area contributed by atoms with Crippen molar-refractivity contribution in [2.45, 2.75) is 17.5 Å². The molecule has 0 saturated heterocycles. The Morgan fingerprint density at radius 2 is 2.00 bits per heavy atom. The Bertz CT molecular complexity index is 1100. The maximum absolute atomic E-state index is 12.1. The molecule has 0 radical (unpaired) electrons. The van der Waals surface area contributed by atoms with E-state index in [1.165, 1.54) is 17.8 Å². The topological polar surface area (TPSA) is 112 Å². The zero-order chi connectivity index (χ0) is 22.9. The van der Waals surface area contributed by atoms with E-state index in [9.17, 15) is 14.9 Å². The van der Waals surface area contributed by atoms with Crippen LogP contribution in [0, 0.1) is 10.1 Å². The standard InChI is InChI=1S/C22H23N5O4S/c1-3-13-26-20(18-6-4-5-7-19(18)27(29)30)24-25-22(26)32-15-16-8-10-17(11-9-16)21(28)23-12-14-31-2/h3-11H,1,12-15H2,2H3,(H,23,28). The van der Waals surface area contributed by atoms with Crippen molar-refractivity contribution < 1.29 is 14.5 Å². The predicted octanol–water partition coefficient (Wildman–Crippen LogP) is 3.71. The van der Waals surface area contributed by atoms with E-state index in [-0.39, 0.29) is 11.6 Å². The quantitative estimate of drug-likeness (QED) is 0.155. The van der Waals surface area contributed by atoms with Crippen LogP contribution in [-0.2, 0) is 17.0 Å². The Morgan fingerprint density at radius 3 is 2.69 bits per heavy atom. The largest absolute Gasteiger partial charge is 0.383 e. The van der Waals surface area contributed by atoms with Gasteiger partial charge < -0.3 is 10.1 Å². The fraction of sp³-hybridized carbons (Fsp3) is 0.227. The van der Waals surface area contributed by atoms with E-state index in [1.807, 2.05) is 12.1 Å². The van der Waals surface area contributed by atoms with E-state index in [1.54, 1.807) is 48.1 Å². The Labute approximate surface area is 189 Å². The van der Waals surface area contributed by atoms with Gasteiger partial charge >= 0.3 is 0 Å². The van der Waals surface area contributed by atoms with Gasteiger partial charge in [0.2, 0.25) is 0 Å². The molecule has 9 nitrogen and oxygen atoms in total. The summed E-state index contributed by atoms with van der Waals surface area (Å²) in [5.74, 6) is 0.862. The van der Waals surface area contributed by atoms with E-state index >= 15 is 0 Å². The lowest BCUT2D eigenvalue weighted by atomic mass is 10.1. The molecule has 0 bridgehead atoms. The number of aromatic nitrogens is 3. The van der Waals surface area contributed by atoms with Gasteiger partial charge in [-0.25, -0.2) is 0 Å². The number of rotatable bonds is 11. The van der Waals surface area contributed by atoms with Crippen molar-refractivity contribution in [2.24, 2.45) is 0 Å². The first-order chi connectivity index (χ1) is 15.5. The fourth-order valence-corrected chi connectivity index (χ4v) is 3.88. The lowest BCUT2D eigenvalue weighted by molar-refractivity contribution is -0.384. The smallest absolute Gasteiger partial charge is 0.280 e. The molecule has 0 saturated carbocycles. The van der Waals surface area contributed by atoms with Crippen molar-refractivity contribution in [2.75, 3.05) is 20.3 Å². The number of para-hydroxylation sites is 1. The van der Waals surface area contributed by atoms with E-state index in [0.29, 0.717) is 47.6 Å². The molecule has 32 heavy (non-hydrogen) atoms. The minimum Gasteiger partial charge on any atom is -0.383 e. The molecule has 0 aliphatic heterocycles. The van der Waals surface area contributed by atoms with Gasteiger partial charge in [-0.2, -0.15) is 0 Å². The Morgan fingerprint density at radius 1 is 1.25 bits per heavy atom. The number of nitrogens with one attached hydrogen (secondary N) is 1. The number of benzene rings is 2. The normalized spacial score (nSPS) is 10.7. The Kier molecular flexibility index (Phi) is 8.12. The van der Waals surface area contributed by atoms with Crippen molar-refractivity contribution >= 4 is 23.4 Å².